The molecule has 0 radical (unpaired) electrons. The van der Waals surface area contributed by atoms with E-state index in [9.17, 15) is 8.42 Å². The highest BCUT2D eigenvalue weighted by molar-refractivity contribution is 14.1. The van der Waals surface area contributed by atoms with Crippen molar-refractivity contribution in [2.45, 2.75) is 4.90 Å². The smallest absolute Gasteiger partial charge is 0.282 e. The minimum Gasteiger partial charge on any atom is -0.282 e. The van der Waals surface area contributed by atoms with Gasteiger partial charge >= 0.3 is 0 Å². The summed E-state index contributed by atoms with van der Waals surface area (Å²) in [4.78, 5) is -0.0718. The normalized spacial score (nSPS) is 11.6. The average molecular weight is 363 g/mol. The van der Waals surface area contributed by atoms with Crippen LogP contribution in [-0.2, 0) is 10.1 Å². The Kier molecular flexibility index (Phi) is 3.13. The summed E-state index contributed by atoms with van der Waals surface area (Å²) >= 11 is 4.95. The number of benzene rings is 1. The third-order valence-electron chi connectivity index (χ3n) is 1.17. The monoisotopic (exact) mass is 362 g/mol. The van der Waals surface area contributed by atoms with E-state index in [1.54, 1.807) is 12.1 Å². The van der Waals surface area contributed by atoms with Gasteiger partial charge < -0.3 is 0 Å². The van der Waals surface area contributed by atoms with E-state index in [1.807, 2.05) is 22.6 Å². The van der Waals surface area contributed by atoms with E-state index in [0.29, 0.717) is 8.04 Å². The summed E-state index contributed by atoms with van der Waals surface area (Å²) in [5.74, 6) is 0. The zero-order valence-electron chi connectivity index (χ0n) is 5.66. The van der Waals surface area contributed by atoms with Gasteiger partial charge in [-0.05, 0) is 40.8 Å². The molecule has 0 aliphatic carbocycles. The first-order valence-corrected chi connectivity index (χ1v) is 6.15. The molecular weight excluding hydrogens is 359 g/mol. The highest BCUT2D eigenvalue weighted by Gasteiger charge is 2.13. The summed E-state index contributed by atoms with van der Waals surface area (Å²) in [5, 5.41) is 0. The molecule has 12 heavy (non-hydrogen) atoms. The molecule has 0 saturated heterocycles. The van der Waals surface area contributed by atoms with Gasteiger partial charge in [-0.25, -0.2) is 0 Å². The van der Waals surface area contributed by atoms with Crippen LogP contribution in [0.1, 0.15) is 0 Å². The van der Waals surface area contributed by atoms with Gasteiger partial charge in [-0.15, -0.1) is 0 Å². The molecule has 3 nitrogen and oxygen atoms in total. The fourth-order valence-corrected chi connectivity index (χ4v) is 2.95. The number of rotatable bonds is 1. The van der Waals surface area contributed by atoms with E-state index in [2.05, 4.69) is 15.9 Å². The molecule has 0 saturated carbocycles. The van der Waals surface area contributed by atoms with Gasteiger partial charge in [0.25, 0.3) is 10.1 Å². The molecule has 0 aromatic heterocycles. The molecule has 0 aliphatic heterocycles. The molecule has 0 bridgehead atoms. The summed E-state index contributed by atoms with van der Waals surface area (Å²) in [6, 6.07) is 4.67. The van der Waals surface area contributed by atoms with Gasteiger partial charge in [-0.1, -0.05) is 15.9 Å². The first kappa shape index (κ1) is 10.4. The van der Waals surface area contributed by atoms with Crippen molar-refractivity contribution in [3.8, 4) is 0 Å². The zero-order chi connectivity index (χ0) is 9.35. The van der Waals surface area contributed by atoms with Gasteiger partial charge in [0.1, 0.15) is 4.90 Å². The molecule has 0 aliphatic rings. The lowest BCUT2D eigenvalue weighted by atomic mass is 10.4. The Morgan fingerprint density at radius 2 is 2.00 bits per heavy atom. The van der Waals surface area contributed by atoms with Crippen molar-refractivity contribution in [3.05, 3.63) is 26.2 Å². The van der Waals surface area contributed by atoms with E-state index < -0.39 is 10.1 Å². The Bertz CT molecular complexity index is 401. The molecular formula is C6H4BrIO3S. The van der Waals surface area contributed by atoms with E-state index >= 15 is 0 Å². The van der Waals surface area contributed by atoms with Crippen molar-refractivity contribution in [2.75, 3.05) is 0 Å². The fourth-order valence-electron chi connectivity index (χ4n) is 0.675. The molecule has 0 spiro atoms. The summed E-state index contributed by atoms with van der Waals surface area (Å²) < 4.78 is 31.3. The van der Waals surface area contributed by atoms with Crippen molar-refractivity contribution in [2.24, 2.45) is 0 Å². The van der Waals surface area contributed by atoms with E-state index in [-0.39, 0.29) is 4.90 Å². The van der Waals surface area contributed by atoms with E-state index in [4.69, 9.17) is 4.55 Å². The van der Waals surface area contributed by atoms with Crippen LogP contribution in [0.5, 0.6) is 0 Å². The Labute approximate surface area is 92.2 Å². The number of hydrogen-bond acceptors (Lipinski definition) is 2. The molecule has 0 atom stereocenters. The van der Waals surface area contributed by atoms with Crippen LogP contribution in [0.2, 0.25) is 0 Å². The van der Waals surface area contributed by atoms with Crippen LogP contribution in [0.4, 0.5) is 0 Å². The van der Waals surface area contributed by atoms with Gasteiger partial charge in [0.2, 0.25) is 0 Å². The minimum absolute atomic E-state index is 0.0718. The van der Waals surface area contributed by atoms with Gasteiger partial charge in [-0.2, -0.15) is 8.42 Å². The predicted molar refractivity (Wildman–Crippen MR) is 56.7 cm³/mol. The second kappa shape index (κ2) is 3.60. The van der Waals surface area contributed by atoms with Crippen molar-refractivity contribution in [1.82, 2.24) is 0 Å². The standard InChI is InChI=1S/C6H4BrIO3S/c7-4-1-2-5(8)6(3-4)12(9,10)11/h1-3H,(H,9,10,11). The minimum atomic E-state index is -4.09. The summed E-state index contributed by atoms with van der Waals surface area (Å²) in [7, 11) is -4.09. The SMILES string of the molecule is O=S(=O)(O)c1cc(Br)ccc1I. The number of hydrogen-bond donors (Lipinski definition) is 1. The van der Waals surface area contributed by atoms with Crippen molar-refractivity contribution < 1.29 is 13.0 Å². The van der Waals surface area contributed by atoms with Crippen LogP contribution in [0, 0.1) is 3.57 Å². The molecule has 1 N–H and O–H groups in total. The van der Waals surface area contributed by atoms with Crippen molar-refractivity contribution in [1.29, 1.82) is 0 Å². The Morgan fingerprint density at radius 3 is 2.42 bits per heavy atom. The van der Waals surface area contributed by atoms with Crippen LogP contribution in [0.25, 0.3) is 0 Å². The first-order chi connectivity index (χ1) is 5.41. The quantitative estimate of drug-likeness (QED) is 0.616. The number of halogens is 2. The summed E-state index contributed by atoms with van der Waals surface area (Å²) in [5.41, 5.74) is 0. The van der Waals surface area contributed by atoms with Crippen LogP contribution >= 0.6 is 38.5 Å². The molecule has 66 valence electrons. The van der Waals surface area contributed by atoms with Gasteiger partial charge in [0, 0.05) is 8.04 Å². The fraction of sp³-hybridized carbons (Fsp3) is 0. The molecule has 0 unspecified atom stereocenters. The van der Waals surface area contributed by atoms with Crippen LogP contribution in [0.3, 0.4) is 0 Å². The second-order valence-electron chi connectivity index (χ2n) is 2.05. The Morgan fingerprint density at radius 1 is 1.42 bits per heavy atom. The van der Waals surface area contributed by atoms with Gasteiger partial charge in [0.15, 0.2) is 0 Å². The molecule has 0 fully saturated rings. The molecule has 0 amide bonds. The third-order valence-corrected chi connectivity index (χ3v) is 3.86. The third kappa shape index (κ3) is 2.41. The lowest BCUT2D eigenvalue weighted by Gasteiger charge is -2.00. The van der Waals surface area contributed by atoms with Gasteiger partial charge in [-0.3, -0.25) is 4.55 Å². The van der Waals surface area contributed by atoms with E-state index in [1.165, 1.54) is 6.07 Å². The molecule has 1 aromatic rings. The Hall–Kier alpha value is 0.340. The molecule has 1 aromatic carbocycles. The molecule has 6 heteroatoms. The largest absolute Gasteiger partial charge is 0.295 e. The van der Waals surface area contributed by atoms with E-state index in [0.717, 1.165) is 0 Å². The Balaban J connectivity index is 3.43. The maximum Gasteiger partial charge on any atom is 0.295 e. The first-order valence-electron chi connectivity index (χ1n) is 2.84. The molecule has 1 rings (SSSR count). The van der Waals surface area contributed by atoms with Crippen molar-refractivity contribution >= 4 is 48.6 Å². The van der Waals surface area contributed by atoms with Crippen LogP contribution < -0.4 is 0 Å². The topological polar surface area (TPSA) is 54.4 Å². The van der Waals surface area contributed by atoms with Crippen molar-refractivity contribution in [3.63, 3.8) is 0 Å². The van der Waals surface area contributed by atoms with Crippen LogP contribution in [-0.4, -0.2) is 13.0 Å². The highest BCUT2D eigenvalue weighted by atomic mass is 127. The zero-order valence-corrected chi connectivity index (χ0v) is 10.2. The maximum atomic E-state index is 10.7. The van der Waals surface area contributed by atoms with Crippen LogP contribution in [0.15, 0.2) is 27.6 Å². The molecule has 0 heterocycles. The lowest BCUT2D eigenvalue weighted by molar-refractivity contribution is 0.482. The average Bonchev–Trinajstić information content (AvgIpc) is 1.92. The summed E-state index contributed by atoms with van der Waals surface area (Å²) in [6.45, 7) is 0. The second-order valence-corrected chi connectivity index (χ2v) is 5.52. The lowest BCUT2D eigenvalue weighted by Crippen LogP contribution is -2.00. The highest BCUT2D eigenvalue weighted by Crippen LogP contribution is 2.22. The maximum absolute atomic E-state index is 10.7. The predicted octanol–water partition coefficient (Wildman–Crippen LogP) is 2.30. The van der Waals surface area contributed by atoms with Gasteiger partial charge in [0.05, 0.1) is 0 Å². The summed E-state index contributed by atoms with van der Waals surface area (Å²) in [6.07, 6.45) is 0.